The number of hydrogen-bond acceptors (Lipinski definition) is 4. The minimum Gasteiger partial charge on any atom is -0.284 e. The maximum atomic E-state index is 13.0. The van der Waals surface area contributed by atoms with E-state index in [9.17, 15) is 4.79 Å². The molecule has 1 amide bonds. The second kappa shape index (κ2) is 9.88. The number of rotatable bonds is 7. The number of thioether (sulfide) groups is 1. The van der Waals surface area contributed by atoms with Gasteiger partial charge in [0.05, 0.1) is 18.0 Å². The molecule has 1 saturated heterocycles. The maximum absolute atomic E-state index is 13.0. The number of unbranched alkanes of at least 4 members (excludes halogenated alkanes) is 1. The number of carbonyl (C=O) groups is 1. The van der Waals surface area contributed by atoms with Gasteiger partial charge in [0.25, 0.3) is 0 Å². The van der Waals surface area contributed by atoms with Crippen LogP contribution >= 0.6 is 11.8 Å². The highest BCUT2D eigenvalue weighted by Gasteiger charge is 2.37. The average Bonchev–Trinajstić information content (AvgIpc) is 2.99. The van der Waals surface area contributed by atoms with E-state index in [1.165, 1.54) is 16.7 Å². The van der Waals surface area contributed by atoms with Gasteiger partial charge in [-0.3, -0.25) is 9.69 Å². The number of aryl methyl sites for hydroxylation is 3. The quantitative estimate of drug-likeness (QED) is 0.441. The Bertz CT molecular complexity index is 935. The molecule has 1 heterocycles. The van der Waals surface area contributed by atoms with E-state index >= 15 is 0 Å². The van der Waals surface area contributed by atoms with E-state index in [1.54, 1.807) is 22.9 Å². The van der Waals surface area contributed by atoms with Crippen LogP contribution < -0.4 is 0 Å². The lowest BCUT2D eigenvalue weighted by Gasteiger charge is -2.17. The van der Waals surface area contributed by atoms with E-state index in [0.29, 0.717) is 11.7 Å². The van der Waals surface area contributed by atoms with Gasteiger partial charge in [-0.1, -0.05) is 79.6 Å². The topological polar surface area (TPSA) is 45.0 Å². The molecule has 4 nitrogen and oxygen atoms in total. The molecule has 0 bridgehead atoms. The van der Waals surface area contributed by atoms with E-state index in [-0.39, 0.29) is 11.2 Å². The standard InChI is InChI=1S/C24H29N3OS/c1-5-6-11-22-23(28)27(16-21-10-8-7-9-18(21)3)24(29-22)26-25-15-20-13-12-17(2)14-19(20)4/h7-10,12-15,22H,5-6,11,16H2,1-4H3/b25-15+,26-24+. The normalized spacial score (nSPS) is 18.3. The molecule has 2 aromatic rings. The molecule has 1 fully saturated rings. The fourth-order valence-corrected chi connectivity index (χ4v) is 4.52. The Balaban J connectivity index is 1.84. The average molecular weight is 408 g/mol. The van der Waals surface area contributed by atoms with Crippen LogP contribution in [-0.2, 0) is 11.3 Å². The molecule has 2 aromatic carbocycles. The second-order valence-electron chi connectivity index (χ2n) is 7.59. The fraction of sp³-hybridized carbons (Fsp3) is 0.375. The molecule has 0 radical (unpaired) electrons. The molecule has 29 heavy (non-hydrogen) atoms. The van der Waals surface area contributed by atoms with Gasteiger partial charge >= 0.3 is 0 Å². The van der Waals surface area contributed by atoms with E-state index in [2.05, 4.69) is 68.2 Å². The number of carbonyl (C=O) groups excluding carboxylic acids is 1. The first-order valence-electron chi connectivity index (χ1n) is 10.2. The highest BCUT2D eigenvalue weighted by atomic mass is 32.2. The van der Waals surface area contributed by atoms with Crippen LogP contribution in [0, 0.1) is 20.8 Å². The Hall–Kier alpha value is -2.40. The van der Waals surface area contributed by atoms with E-state index < -0.39 is 0 Å². The molecule has 1 atom stereocenters. The Kier molecular flexibility index (Phi) is 7.26. The summed E-state index contributed by atoms with van der Waals surface area (Å²) in [5, 5.41) is 9.41. The third kappa shape index (κ3) is 5.36. The van der Waals surface area contributed by atoms with Crippen molar-refractivity contribution in [1.29, 1.82) is 0 Å². The first-order valence-corrected chi connectivity index (χ1v) is 11.1. The van der Waals surface area contributed by atoms with Gasteiger partial charge in [0.1, 0.15) is 0 Å². The Labute approximate surface area is 178 Å². The predicted molar refractivity (Wildman–Crippen MR) is 124 cm³/mol. The van der Waals surface area contributed by atoms with Crippen molar-refractivity contribution >= 4 is 29.1 Å². The first kappa shape index (κ1) is 21.3. The fourth-order valence-electron chi connectivity index (χ4n) is 3.37. The molecule has 1 aliphatic heterocycles. The minimum absolute atomic E-state index is 0.0611. The van der Waals surface area contributed by atoms with E-state index in [4.69, 9.17) is 0 Å². The van der Waals surface area contributed by atoms with Gasteiger partial charge in [0.15, 0.2) is 5.17 Å². The van der Waals surface area contributed by atoms with Crippen LogP contribution in [0.2, 0.25) is 0 Å². The molecular weight excluding hydrogens is 378 g/mol. The molecule has 1 unspecified atom stereocenters. The molecule has 5 heteroatoms. The summed E-state index contributed by atoms with van der Waals surface area (Å²) in [5.74, 6) is 0.146. The third-order valence-corrected chi connectivity index (χ3v) is 6.43. The zero-order valence-electron chi connectivity index (χ0n) is 17.7. The van der Waals surface area contributed by atoms with Gasteiger partial charge in [-0.2, -0.15) is 5.10 Å². The maximum Gasteiger partial charge on any atom is 0.242 e. The predicted octanol–water partition coefficient (Wildman–Crippen LogP) is 5.64. The Morgan fingerprint density at radius 2 is 1.90 bits per heavy atom. The molecule has 3 rings (SSSR count). The number of benzene rings is 2. The van der Waals surface area contributed by atoms with Crippen molar-refractivity contribution in [2.45, 2.75) is 58.8 Å². The third-order valence-electron chi connectivity index (χ3n) is 5.20. The van der Waals surface area contributed by atoms with Crippen LogP contribution in [0.25, 0.3) is 0 Å². The van der Waals surface area contributed by atoms with Crippen molar-refractivity contribution in [1.82, 2.24) is 4.90 Å². The van der Waals surface area contributed by atoms with Crippen LogP contribution in [0.1, 0.15) is 54.0 Å². The summed E-state index contributed by atoms with van der Waals surface area (Å²) in [5.41, 5.74) is 5.76. The van der Waals surface area contributed by atoms with Crippen molar-refractivity contribution in [3.63, 3.8) is 0 Å². The van der Waals surface area contributed by atoms with Crippen LogP contribution in [0.4, 0.5) is 0 Å². The summed E-state index contributed by atoms with van der Waals surface area (Å²) < 4.78 is 0. The van der Waals surface area contributed by atoms with E-state index in [1.807, 2.05) is 12.1 Å². The molecule has 0 aliphatic carbocycles. The van der Waals surface area contributed by atoms with Gasteiger partial charge in [-0.25, -0.2) is 0 Å². The van der Waals surface area contributed by atoms with Crippen LogP contribution in [-0.4, -0.2) is 27.4 Å². The van der Waals surface area contributed by atoms with Crippen molar-refractivity contribution in [3.05, 3.63) is 70.3 Å². The van der Waals surface area contributed by atoms with Gasteiger partial charge < -0.3 is 0 Å². The largest absolute Gasteiger partial charge is 0.284 e. The van der Waals surface area contributed by atoms with Crippen LogP contribution in [0.15, 0.2) is 52.7 Å². The molecular formula is C24H29N3OS. The van der Waals surface area contributed by atoms with E-state index in [0.717, 1.165) is 30.4 Å². The minimum atomic E-state index is -0.0611. The van der Waals surface area contributed by atoms with Crippen molar-refractivity contribution in [3.8, 4) is 0 Å². The Morgan fingerprint density at radius 1 is 1.10 bits per heavy atom. The number of hydrogen-bond donors (Lipinski definition) is 0. The number of amidine groups is 1. The highest BCUT2D eigenvalue weighted by molar-refractivity contribution is 8.15. The highest BCUT2D eigenvalue weighted by Crippen LogP contribution is 2.32. The summed E-state index contributed by atoms with van der Waals surface area (Å²) in [6.45, 7) is 8.92. The summed E-state index contributed by atoms with van der Waals surface area (Å²) in [7, 11) is 0. The monoisotopic (exact) mass is 407 g/mol. The lowest BCUT2D eigenvalue weighted by atomic mass is 10.1. The Morgan fingerprint density at radius 3 is 2.62 bits per heavy atom. The molecule has 0 spiro atoms. The molecule has 152 valence electrons. The van der Waals surface area contributed by atoms with Gasteiger partial charge in [0.2, 0.25) is 5.91 Å². The smallest absolute Gasteiger partial charge is 0.242 e. The lowest BCUT2D eigenvalue weighted by molar-refractivity contribution is -0.126. The molecule has 0 N–H and O–H groups in total. The van der Waals surface area contributed by atoms with Crippen molar-refractivity contribution < 1.29 is 4.79 Å². The van der Waals surface area contributed by atoms with Gasteiger partial charge in [-0.05, 0) is 49.4 Å². The van der Waals surface area contributed by atoms with Crippen molar-refractivity contribution in [2.24, 2.45) is 10.2 Å². The van der Waals surface area contributed by atoms with Gasteiger partial charge in [-0.15, -0.1) is 5.10 Å². The number of amides is 1. The van der Waals surface area contributed by atoms with Gasteiger partial charge in [0, 0.05) is 0 Å². The van der Waals surface area contributed by atoms with Crippen LogP contribution in [0.3, 0.4) is 0 Å². The first-order chi connectivity index (χ1) is 14.0. The SMILES string of the molecule is CCCCC1S/C(=N/N=C/c2ccc(C)cc2C)N(Cc2ccccc2C)C1=O. The number of nitrogens with zero attached hydrogens (tertiary/aromatic N) is 3. The summed E-state index contributed by atoms with van der Waals surface area (Å²) >= 11 is 1.55. The van der Waals surface area contributed by atoms with Crippen LogP contribution in [0.5, 0.6) is 0 Å². The molecule has 0 aromatic heterocycles. The zero-order chi connectivity index (χ0) is 20.8. The summed E-state index contributed by atoms with van der Waals surface area (Å²) in [4.78, 5) is 14.8. The lowest BCUT2D eigenvalue weighted by Crippen LogP contribution is -2.31. The second-order valence-corrected chi connectivity index (χ2v) is 8.76. The molecule has 1 aliphatic rings. The zero-order valence-corrected chi connectivity index (χ0v) is 18.5. The molecule has 0 saturated carbocycles. The summed E-state index contributed by atoms with van der Waals surface area (Å²) in [6.07, 6.45) is 4.78. The van der Waals surface area contributed by atoms with Crippen molar-refractivity contribution in [2.75, 3.05) is 0 Å². The summed E-state index contributed by atoms with van der Waals surface area (Å²) in [6, 6.07) is 14.4.